The van der Waals surface area contributed by atoms with Crippen LogP contribution in [-0.2, 0) is 0 Å². The Labute approximate surface area is 611 Å². The van der Waals surface area contributed by atoms with Crippen molar-refractivity contribution in [2.45, 2.75) is 18.1 Å². The fourth-order valence-corrected chi connectivity index (χ4v) is 17.0. The fourth-order valence-electron chi connectivity index (χ4n) is 17.0. The molecule has 19 aromatic rings. The number of amidine groups is 2. The summed E-state index contributed by atoms with van der Waals surface area (Å²) in [6.07, 6.45) is 8.80. The highest BCUT2D eigenvalue weighted by atomic mass is 15.2. The minimum absolute atomic E-state index is 0.257. The summed E-state index contributed by atoms with van der Waals surface area (Å²) >= 11 is 0. The van der Waals surface area contributed by atoms with Gasteiger partial charge < -0.3 is 19.4 Å². The van der Waals surface area contributed by atoms with Crippen LogP contribution in [0, 0.1) is 0 Å². The van der Waals surface area contributed by atoms with E-state index in [9.17, 15) is 0 Å². The second-order valence-electron chi connectivity index (χ2n) is 27.6. The minimum Gasteiger partial charge on any atom is -0.344 e. The molecule has 0 saturated heterocycles. The topological polar surface area (TPSA) is 80.6 Å². The number of hydrogen-bond acceptors (Lipinski definition) is 6. The van der Waals surface area contributed by atoms with Crippen molar-refractivity contribution in [3.8, 4) is 39.7 Å². The maximum atomic E-state index is 5.32. The second kappa shape index (κ2) is 24.9. The van der Waals surface area contributed by atoms with Gasteiger partial charge in [-0.15, -0.1) is 0 Å². The van der Waals surface area contributed by atoms with Crippen LogP contribution < -0.4 is 10.2 Å². The van der Waals surface area contributed by atoms with E-state index in [1.807, 2.05) is 30.3 Å². The molecule has 0 bridgehead atoms. The van der Waals surface area contributed by atoms with Gasteiger partial charge in [-0.25, -0.2) is 20.0 Å². The highest BCUT2D eigenvalue weighted by Crippen LogP contribution is 2.50. The lowest BCUT2D eigenvalue weighted by atomic mass is 9.89. The van der Waals surface area contributed by atoms with E-state index in [0.717, 1.165) is 83.7 Å². The lowest BCUT2D eigenvalue weighted by Gasteiger charge is -2.28. The first-order valence-electron chi connectivity index (χ1n) is 36.3. The van der Waals surface area contributed by atoms with E-state index in [1.54, 1.807) is 0 Å². The van der Waals surface area contributed by atoms with Gasteiger partial charge in [0.05, 0.1) is 50.4 Å². The molecule has 3 unspecified atom stereocenters. The van der Waals surface area contributed by atoms with E-state index in [-0.39, 0.29) is 12.2 Å². The summed E-state index contributed by atoms with van der Waals surface area (Å²) in [6, 6.07) is 124. The summed E-state index contributed by atoms with van der Waals surface area (Å²) in [6.45, 7) is 0. The highest BCUT2D eigenvalue weighted by Gasteiger charge is 2.38. The Bertz CT molecular complexity index is 6870. The SMILES string of the molecule is C1=CC2c3cc(-c4ccc5c(c4)c4c6ccccc6ccc4n5-c4nc(-c5ccccc5)c5ccccc5n4)ccc3N(c3ccccc3)C2C=C1.c1ccc(C2=NC(c3ccccc3)NC(c3cccc4cc(-n5c6ccccc6c6c7c8ccccc8n(-c8ccccc8)c7ccc65)ccc34)=N2)cc1. The van der Waals surface area contributed by atoms with Crippen LogP contribution in [0.15, 0.2) is 380 Å². The molecule has 3 atom stereocenters. The van der Waals surface area contributed by atoms with Gasteiger partial charge in [0.15, 0.2) is 5.84 Å². The van der Waals surface area contributed by atoms with Crippen molar-refractivity contribution in [2.75, 3.05) is 4.90 Å². The number of aliphatic imine (C=N–C) groups is 2. The van der Waals surface area contributed by atoms with Gasteiger partial charge in [0.2, 0.25) is 5.95 Å². The fraction of sp³-hybridized carbons (Fsp3) is 0.0309. The zero-order chi connectivity index (χ0) is 69.8. The number of fused-ring (bicyclic) bond motifs is 17. The number of allylic oxidation sites excluding steroid dienone is 2. The van der Waals surface area contributed by atoms with Gasteiger partial charge in [-0.3, -0.25) is 4.57 Å². The molecule has 0 fully saturated rings. The molecule has 6 heterocycles. The van der Waals surface area contributed by atoms with Crippen LogP contribution in [0.4, 0.5) is 11.4 Å². The molecule has 4 aromatic heterocycles. The maximum absolute atomic E-state index is 5.32. The van der Waals surface area contributed by atoms with Gasteiger partial charge in [0.25, 0.3) is 0 Å². The molecule has 22 rings (SSSR count). The zero-order valence-corrected chi connectivity index (χ0v) is 57.5. The van der Waals surface area contributed by atoms with Crippen molar-refractivity contribution in [2.24, 2.45) is 9.98 Å². The van der Waals surface area contributed by atoms with Crippen LogP contribution in [0.1, 0.15) is 34.3 Å². The van der Waals surface area contributed by atoms with Crippen molar-refractivity contribution >= 4 is 121 Å². The Kier molecular flexibility index (Phi) is 14.3. The van der Waals surface area contributed by atoms with Gasteiger partial charge in [-0.1, -0.05) is 273 Å². The quantitative estimate of drug-likeness (QED) is 0.156. The third-order valence-corrected chi connectivity index (χ3v) is 21.7. The summed E-state index contributed by atoms with van der Waals surface area (Å²) in [5.41, 5.74) is 21.5. The monoisotopic (exact) mass is 1360 g/mol. The van der Waals surface area contributed by atoms with Gasteiger partial charge in [0, 0.05) is 83.1 Å². The third-order valence-electron chi connectivity index (χ3n) is 21.7. The van der Waals surface area contributed by atoms with Crippen LogP contribution in [0.25, 0.3) is 138 Å². The Morgan fingerprint density at radius 1 is 0.330 bits per heavy atom. The van der Waals surface area contributed by atoms with Gasteiger partial charge in [-0.2, -0.15) is 0 Å². The molecule has 9 nitrogen and oxygen atoms in total. The molecule has 2 aliphatic heterocycles. The zero-order valence-electron chi connectivity index (χ0n) is 57.5. The predicted octanol–water partition coefficient (Wildman–Crippen LogP) is 23.5. The number of benzene rings is 15. The molecule has 15 aromatic carbocycles. The summed E-state index contributed by atoms with van der Waals surface area (Å²) in [4.78, 5) is 23.2. The number of rotatable bonds is 9. The van der Waals surface area contributed by atoms with Crippen molar-refractivity contribution in [1.82, 2.24) is 29.0 Å². The van der Waals surface area contributed by atoms with Crippen LogP contribution in [-0.4, -0.2) is 41.4 Å². The lowest BCUT2D eigenvalue weighted by molar-refractivity contribution is 0.674. The number of nitrogens with zero attached hydrogens (tertiary/aromatic N) is 8. The van der Waals surface area contributed by atoms with Crippen molar-refractivity contribution in [3.63, 3.8) is 0 Å². The predicted molar refractivity (Wildman–Crippen MR) is 440 cm³/mol. The molecule has 0 radical (unpaired) electrons. The Morgan fingerprint density at radius 3 is 1.64 bits per heavy atom. The van der Waals surface area contributed by atoms with E-state index in [2.05, 4.69) is 364 Å². The summed E-state index contributed by atoms with van der Waals surface area (Å²) in [5.74, 6) is 2.49. The number of nitrogens with one attached hydrogen (secondary N) is 1. The first-order chi connectivity index (χ1) is 52.6. The molecular weight excluding hydrogens is 1290 g/mol. The van der Waals surface area contributed by atoms with Crippen LogP contribution >= 0.6 is 0 Å². The molecule has 0 amide bonds. The molecule has 1 N–H and O–H groups in total. The van der Waals surface area contributed by atoms with Crippen LogP contribution in [0.3, 0.4) is 0 Å². The van der Waals surface area contributed by atoms with Crippen LogP contribution in [0.5, 0.6) is 0 Å². The molecule has 1 aliphatic carbocycles. The molecule has 498 valence electrons. The van der Waals surface area contributed by atoms with Crippen LogP contribution in [0.2, 0.25) is 0 Å². The van der Waals surface area contributed by atoms with Gasteiger partial charge in [0.1, 0.15) is 12.0 Å². The standard InChI is InChI=1S/C49H33N5.C48H32N4/c1-4-15-32(16-5-1)47-50-48(33-17-6-2-7-18-33)52-49(51-47)38-24-14-19-34-31-36(27-28-37(34)38)54-42-26-13-11-23-40(42)46-44(54)30-29-43-45(46)39-22-10-12-25-41(39)53(43)35-20-8-3-9-21-35;1-3-14-32(15-4-1)47-38-20-9-11-21-41(38)49-48(50-47)52-44-27-25-34(30-40(44)46-36-18-8-7-13-31(36)23-28-45(46)52)33-24-26-43-39(29-33)37-19-10-12-22-42(37)51(43)35-16-5-2-6-17-35/h1-31,47H,(H,50,51,52);1-30,37,42H. The molecule has 0 spiro atoms. The Hall–Kier alpha value is -14.0. The molecule has 0 saturated carbocycles. The van der Waals surface area contributed by atoms with Gasteiger partial charge >= 0.3 is 0 Å². The van der Waals surface area contributed by atoms with Crippen molar-refractivity contribution in [1.29, 1.82) is 0 Å². The van der Waals surface area contributed by atoms with E-state index in [4.69, 9.17) is 20.0 Å². The van der Waals surface area contributed by atoms with E-state index in [1.165, 1.54) is 93.2 Å². The summed E-state index contributed by atoms with van der Waals surface area (Å²) in [5, 5.41) is 16.8. The molecule has 3 aliphatic rings. The number of hydrogen-bond donors (Lipinski definition) is 1. The average Bonchev–Trinajstić information content (AvgIpc) is 1.55. The first kappa shape index (κ1) is 60.7. The Balaban J connectivity index is 0.000000136. The summed E-state index contributed by atoms with van der Waals surface area (Å²) < 4.78 is 7.07. The smallest absolute Gasteiger partial charge is 0.235 e. The van der Waals surface area contributed by atoms with Gasteiger partial charge in [-0.05, 0) is 141 Å². The lowest BCUT2D eigenvalue weighted by Crippen LogP contribution is -2.33. The molecule has 9 heteroatoms. The highest BCUT2D eigenvalue weighted by molar-refractivity contribution is 6.29. The van der Waals surface area contributed by atoms with E-state index in [0.29, 0.717) is 11.9 Å². The van der Waals surface area contributed by atoms with E-state index >= 15 is 0 Å². The minimum atomic E-state index is -0.259. The first-order valence-corrected chi connectivity index (χ1v) is 36.3. The molecular formula is C97H65N9. The maximum Gasteiger partial charge on any atom is 0.235 e. The number of para-hydroxylation sites is 5. The number of aromatic nitrogens is 5. The normalized spacial score (nSPS) is 15.4. The largest absolute Gasteiger partial charge is 0.344 e. The van der Waals surface area contributed by atoms with E-state index < -0.39 is 0 Å². The van der Waals surface area contributed by atoms with Crippen molar-refractivity contribution < 1.29 is 0 Å². The average molecular weight is 1360 g/mol. The number of anilines is 2. The Morgan fingerprint density at radius 2 is 0.896 bits per heavy atom. The second-order valence-corrected chi connectivity index (χ2v) is 27.6. The van der Waals surface area contributed by atoms with Crippen molar-refractivity contribution in [3.05, 3.63) is 392 Å². The molecule has 106 heavy (non-hydrogen) atoms. The summed E-state index contributed by atoms with van der Waals surface area (Å²) in [7, 11) is 0. The third kappa shape index (κ3) is 9.92.